The smallest absolute Gasteiger partial charge is 0.195 e. The Morgan fingerprint density at radius 3 is 2.71 bits per heavy atom. The van der Waals surface area contributed by atoms with Crippen LogP contribution in [-0.4, -0.2) is 24.8 Å². The maximum absolute atomic E-state index is 5.94. The monoisotopic (exact) mass is 313 g/mol. The molecule has 4 aromatic heterocycles. The fourth-order valence-electron chi connectivity index (χ4n) is 2.02. The molecule has 4 aromatic rings. The van der Waals surface area contributed by atoms with Crippen LogP contribution in [0.1, 0.15) is 0 Å². The Bertz CT molecular complexity index is 915. The first-order valence-electron chi connectivity index (χ1n) is 6.21. The van der Waals surface area contributed by atoms with E-state index in [9.17, 15) is 0 Å². The summed E-state index contributed by atoms with van der Waals surface area (Å²) in [6.45, 7) is 0. The molecule has 0 spiro atoms. The predicted octanol–water partition coefficient (Wildman–Crippen LogP) is 3.57. The third-order valence-electron chi connectivity index (χ3n) is 2.97. The zero-order chi connectivity index (χ0) is 14.2. The van der Waals surface area contributed by atoms with Crippen LogP contribution < -0.4 is 0 Å². The van der Waals surface area contributed by atoms with Gasteiger partial charge in [-0.05, 0) is 36.4 Å². The second kappa shape index (κ2) is 4.91. The zero-order valence-electron chi connectivity index (χ0n) is 10.6. The second-order valence-electron chi connectivity index (χ2n) is 4.33. The Balaban J connectivity index is 1.83. The van der Waals surface area contributed by atoms with Crippen LogP contribution in [0.2, 0.25) is 5.15 Å². The minimum absolute atomic E-state index is 0.407. The average Bonchev–Trinajstić information content (AvgIpc) is 3.14. The highest BCUT2D eigenvalue weighted by Gasteiger charge is 2.13. The molecule has 0 aromatic carbocycles. The first-order valence-corrected chi connectivity index (χ1v) is 7.40. The number of nitrogens with zero attached hydrogens (tertiary/aromatic N) is 5. The highest BCUT2D eigenvalue weighted by atomic mass is 35.5. The van der Waals surface area contributed by atoms with Gasteiger partial charge in [0.15, 0.2) is 11.5 Å². The summed E-state index contributed by atoms with van der Waals surface area (Å²) in [4.78, 5) is 6.39. The van der Waals surface area contributed by atoms with E-state index in [1.165, 1.54) is 0 Å². The summed E-state index contributed by atoms with van der Waals surface area (Å²) >= 11 is 7.54. The molecule has 0 amide bonds. The fourth-order valence-corrected chi connectivity index (χ4v) is 3.12. The van der Waals surface area contributed by atoms with Crippen molar-refractivity contribution in [3.05, 3.63) is 53.8 Å². The molecular weight excluding hydrogens is 306 g/mol. The van der Waals surface area contributed by atoms with Gasteiger partial charge in [0.05, 0.1) is 15.4 Å². The number of aromatic nitrogens is 5. The number of fused-ring (bicyclic) bond motifs is 1. The van der Waals surface area contributed by atoms with Crippen LogP contribution in [0.15, 0.2) is 48.7 Å². The number of pyridine rings is 1. The Hall–Kier alpha value is -2.31. The van der Waals surface area contributed by atoms with E-state index in [4.69, 9.17) is 11.6 Å². The third-order valence-corrected chi connectivity index (χ3v) is 4.28. The molecule has 7 heteroatoms. The fraction of sp³-hybridized carbons (Fsp3) is 0. The van der Waals surface area contributed by atoms with Crippen LogP contribution in [0, 0.1) is 0 Å². The van der Waals surface area contributed by atoms with E-state index in [0.29, 0.717) is 16.6 Å². The normalized spacial score (nSPS) is 11.1. The summed E-state index contributed by atoms with van der Waals surface area (Å²) in [5.74, 6) is 0.680. The van der Waals surface area contributed by atoms with Gasteiger partial charge < -0.3 is 0 Å². The van der Waals surface area contributed by atoms with Crippen molar-refractivity contribution in [2.75, 3.05) is 0 Å². The van der Waals surface area contributed by atoms with Crippen LogP contribution in [0.4, 0.5) is 0 Å². The lowest BCUT2D eigenvalue weighted by Crippen LogP contribution is -1.93. The van der Waals surface area contributed by atoms with Crippen molar-refractivity contribution in [3.8, 4) is 21.3 Å². The Morgan fingerprint density at radius 2 is 1.86 bits per heavy atom. The van der Waals surface area contributed by atoms with E-state index in [1.54, 1.807) is 34.2 Å². The third kappa shape index (κ3) is 2.18. The van der Waals surface area contributed by atoms with Crippen LogP contribution >= 0.6 is 22.9 Å². The maximum Gasteiger partial charge on any atom is 0.195 e. The number of halogens is 1. The van der Waals surface area contributed by atoms with Gasteiger partial charge in [0.25, 0.3) is 0 Å². The molecule has 5 nitrogen and oxygen atoms in total. The molecule has 4 rings (SSSR count). The minimum Gasteiger partial charge on any atom is -0.255 e. The highest BCUT2D eigenvalue weighted by molar-refractivity contribution is 7.18. The molecule has 0 fully saturated rings. The SMILES string of the molecule is Clc1ccc2nnc(-c3ccc(-c4ccccn4)s3)n2n1. The summed E-state index contributed by atoms with van der Waals surface area (Å²) < 4.78 is 1.65. The second-order valence-corrected chi connectivity index (χ2v) is 5.80. The maximum atomic E-state index is 5.94. The van der Waals surface area contributed by atoms with Gasteiger partial charge in [0.2, 0.25) is 0 Å². The summed E-state index contributed by atoms with van der Waals surface area (Å²) in [6, 6.07) is 13.3. The van der Waals surface area contributed by atoms with Crippen molar-refractivity contribution in [2.45, 2.75) is 0 Å². The van der Waals surface area contributed by atoms with E-state index in [0.717, 1.165) is 15.4 Å². The lowest BCUT2D eigenvalue weighted by molar-refractivity contribution is 0.939. The van der Waals surface area contributed by atoms with Gasteiger partial charge in [-0.1, -0.05) is 17.7 Å². The van der Waals surface area contributed by atoms with Gasteiger partial charge in [0.1, 0.15) is 5.15 Å². The van der Waals surface area contributed by atoms with Crippen molar-refractivity contribution >= 4 is 28.6 Å². The van der Waals surface area contributed by atoms with Crippen molar-refractivity contribution < 1.29 is 0 Å². The first kappa shape index (κ1) is 12.4. The molecule has 102 valence electrons. The molecule has 0 bridgehead atoms. The average molecular weight is 314 g/mol. The van der Waals surface area contributed by atoms with Gasteiger partial charge in [-0.2, -0.15) is 9.61 Å². The van der Waals surface area contributed by atoms with Crippen LogP contribution in [0.25, 0.3) is 26.9 Å². The van der Waals surface area contributed by atoms with Crippen molar-refractivity contribution in [1.29, 1.82) is 0 Å². The molecule has 0 aliphatic heterocycles. The summed E-state index contributed by atoms with van der Waals surface area (Å²) in [5, 5.41) is 12.9. The number of hydrogen-bond donors (Lipinski definition) is 0. The van der Waals surface area contributed by atoms with Gasteiger partial charge in [-0.3, -0.25) is 4.98 Å². The summed E-state index contributed by atoms with van der Waals surface area (Å²) in [6.07, 6.45) is 1.78. The van der Waals surface area contributed by atoms with Crippen molar-refractivity contribution in [2.24, 2.45) is 0 Å². The van der Waals surface area contributed by atoms with Gasteiger partial charge in [0, 0.05) is 6.20 Å². The quantitative estimate of drug-likeness (QED) is 0.567. The number of hydrogen-bond acceptors (Lipinski definition) is 5. The largest absolute Gasteiger partial charge is 0.255 e. The first-order chi connectivity index (χ1) is 10.3. The topological polar surface area (TPSA) is 56.0 Å². The van der Waals surface area contributed by atoms with Gasteiger partial charge >= 0.3 is 0 Å². The molecule has 4 heterocycles. The number of thiophene rings is 1. The Morgan fingerprint density at radius 1 is 0.952 bits per heavy atom. The van der Waals surface area contributed by atoms with E-state index < -0.39 is 0 Å². The Labute approximate surface area is 128 Å². The zero-order valence-corrected chi connectivity index (χ0v) is 12.2. The van der Waals surface area contributed by atoms with E-state index in [2.05, 4.69) is 20.3 Å². The standard InChI is InChI=1S/C14H8ClN5S/c15-12-6-7-13-17-18-14(20(13)19-12)11-5-4-10(21-11)9-3-1-2-8-16-9/h1-8H. The van der Waals surface area contributed by atoms with Crippen LogP contribution in [0.5, 0.6) is 0 Å². The lowest BCUT2D eigenvalue weighted by Gasteiger charge is -1.96. The highest BCUT2D eigenvalue weighted by Crippen LogP contribution is 2.32. The van der Waals surface area contributed by atoms with Gasteiger partial charge in [-0.15, -0.1) is 21.5 Å². The van der Waals surface area contributed by atoms with Crippen LogP contribution in [-0.2, 0) is 0 Å². The summed E-state index contributed by atoms with van der Waals surface area (Å²) in [7, 11) is 0. The molecule has 0 N–H and O–H groups in total. The Kier molecular flexibility index (Phi) is 2.90. The molecular formula is C14H8ClN5S. The predicted molar refractivity (Wildman–Crippen MR) is 82.3 cm³/mol. The molecule has 0 saturated heterocycles. The van der Waals surface area contributed by atoms with E-state index in [-0.39, 0.29) is 0 Å². The number of rotatable bonds is 2. The molecule has 21 heavy (non-hydrogen) atoms. The van der Waals surface area contributed by atoms with Crippen LogP contribution in [0.3, 0.4) is 0 Å². The molecule has 0 unspecified atom stereocenters. The molecule has 0 aliphatic carbocycles. The summed E-state index contributed by atoms with van der Waals surface area (Å²) in [5.41, 5.74) is 1.61. The van der Waals surface area contributed by atoms with E-state index >= 15 is 0 Å². The van der Waals surface area contributed by atoms with Gasteiger partial charge in [-0.25, -0.2) is 0 Å². The van der Waals surface area contributed by atoms with Crippen molar-refractivity contribution in [1.82, 2.24) is 24.8 Å². The molecule has 0 radical (unpaired) electrons. The molecule has 0 saturated carbocycles. The molecule has 0 atom stereocenters. The van der Waals surface area contributed by atoms with Crippen molar-refractivity contribution in [3.63, 3.8) is 0 Å². The lowest BCUT2D eigenvalue weighted by atomic mass is 10.3. The minimum atomic E-state index is 0.407. The van der Waals surface area contributed by atoms with E-state index in [1.807, 2.05) is 30.3 Å². The molecule has 0 aliphatic rings.